The van der Waals surface area contributed by atoms with Crippen molar-refractivity contribution in [3.63, 3.8) is 0 Å². The van der Waals surface area contributed by atoms with E-state index in [1.54, 1.807) is 13.2 Å². The van der Waals surface area contributed by atoms with Crippen molar-refractivity contribution in [1.29, 1.82) is 0 Å². The normalized spacial score (nSPS) is 15.3. The monoisotopic (exact) mass is 367 g/mol. The Balaban J connectivity index is 1.66. The molecule has 0 aromatic heterocycles. The SMILES string of the molecule is CCOc1cc2c(cc1CNC(=O)/C=C/c1cccc(OC)c1)O[C@H](C)C2. The molecule has 0 unspecified atom stereocenters. The molecule has 1 aliphatic rings. The predicted molar refractivity (Wildman–Crippen MR) is 105 cm³/mol. The lowest BCUT2D eigenvalue weighted by molar-refractivity contribution is -0.116. The van der Waals surface area contributed by atoms with Gasteiger partial charge < -0.3 is 19.5 Å². The second kappa shape index (κ2) is 8.62. The number of nitrogens with one attached hydrogen (secondary N) is 1. The molecule has 5 heteroatoms. The number of rotatable bonds is 7. The molecule has 2 aromatic rings. The lowest BCUT2D eigenvalue weighted by atomic mass is 10.1. The van der Waals surface area contributed by atoms with Gasteiger partial charge in [0.1, 0.15) is 23.4 Å². The van der Waals surface area contributed by atoms with Crippen molar-refractivity contribution >= 4 is 12.0 Å². The van der Waals surface area contributed by atoms with E-state index < -0.39 is 0 Å². The standard InChI is InChI=1S/C22H25NO4/c1-4-26-20-12-17-10-15(2)27-21(17)13-18(20)14-23-22(24)9-8-16-6-5-7-19(11-16)25-3/h5-9,11-13,15H,4,10,14H2,1-3H3,(H,23,24)/b9-8+/t15-/m1/s1. The first-order valence-corrected chi connectivity index (χ1v) is 9.14. The molecule has 0 bridgehead atoms. The smallest absolute Gasteiger partial charge is 0.244 e. The summed E-state index contributed by atoms with van der Waals surface area (Å²) in [7, 11) is 1.62. The van der Waals surface area contributed by atoms with E-state index in [1.807, 2.05) is 50.2 Å². The highest BCUT2D eigenvalue weighted by atomic mass is 16.5. The van der Waals surface area contributed by atoms with Crippen molar-refractivity contribution < 1.29 is 19.0 Å². The van der Waals surface area contributed by atoms with Crippen LogP contribution in [-0.2, 0) is 17.8 Å². The zero-order chi connectivity index (χ0) is 19.2. The molecule has 27 heavy (non-hydrogen) atoms. The highest BCUT2D eigenvalue weighted by Gasteiger charge is 2.21. The van der Waals surface area contributed by atoms with Gasteiger partial charge in [-0.1, -0.05) is 12.1 Å². The Morgan fingerprint density at radius 3 is 2.96 bits per heavy atom. The molecule has 142 valence electrons. The number of ether oxygens (including phenoxy) is 3. The largest absolute Gasteiger partial charge is 0.497 e. The number of hydrogen-bond donors (Lipinski definition) is 1. The third-order valence-corrected chi connectivity index (χ3v) is 4.35. The Morgan fingerprint density at radius 1 is 1.33 bits per heavy atom. The summed E-state index contributed by atoms with van der Waals surface area (Å²) in [5, 5.41) is 2.91. The summed E-state index contributed by atoms with van der Waals surface area (Å²) in [6.07, 6.45) is 4.33. The molecule has 0 radical (unpaired) electrons. The van der Waals surface area contributed by atoms with Crippen molar-refractivity contribution in [2.75, 3.05) is 13.7 Å². The highest BCUT2D eigenvalue weighted by Crippen LogP contribution is 2.35. The molecule has 0 saturated heterocycles. The molecule has 1 N–H and O–H groups in total. The Bertz CT molecular complexity index is 844. The second-order valence-electron chi connectivity index (χ2n) is 6.46. The van der Waals surface area contributed by atoms with E-state index in [2.05, 4.69) is 5.32 Å². The van der Waals surface area contributed by atoms with Gasteiger partial charge >= 0.3 is 0 Å². The maximum Gasteiger partial charge on any atom is 0.244 e. The van der Waals surface area contributed by atoms with Gasteiger partial charge in [0.15, 0.2) is 0 Å². The zero-order valence-electron chi connectivity index (χ0n) is 16.0. The minimum atomic E-state index is -0.171. The van der Waals surface area contributed by atoms with Gasteiger partial charge in [-0.2, -0.15) is 0 Å². The van der Waals surface area contributed by atoms with E-state index in [0.29, 0.717) is 13.2 Å². The minimum Gasteiger partial charge on any atom is -0.497 e. The summed E-state index contributed by atoms with van der Waals surface area (Å²) >= 11 is 0. The van der Waals surface area contributed by atoms with Crippen molar-refractivity contribution in [3.8, 4) is 17.2 Å². The van der Waals surface area contributed by atoms with Crippen LogP contribution in [0, 0.1) is 0 Å². The fraction of sp³-hybridized carbons (Fsp3) is 0.318. The number of carbonyl (C=O) groups excluding carboxylic acids is 1. The molecule has 0 aliphatic carbocycles. The van der Waals surface area contributed by atoms with Crippen LogP contribution in [0.2, 0.25) is 0 Å². The molecule has 2 aromatic carbocycles. The third-order valence-electron chi connectivity index (χ3n) is 4.35. The minimum absolute atomic E-state index is 0.171. The number of carbonyl (C=O) groups is 1. The van der Waals surface area contributed by atoms with Crippen molar-refractivity contribution in [1.82, 2.24) is 5.32 Å². The van der Waals surface area contributed by atoms with Gasteiger partial charge in [-0.3, -0.25) is 4.79 Å². The number of benzene rings is 2. The highest BCUT2D eigenvalue weighted by molar-refractivity contribution is 5.91. The van der Waals surface area contributed by atoms with Gasteiger partial charge in [0.25, 0.3) is 0 Å². The first-order valence-electron chi connectivity index (χ1n) is 9.14. The van der Waals surface area contributed by atoms with Crippen LogP contribution in [-0.4, -0.2) is 25.7 Å². The predicted octanol–water partition coefficient (Wildman–Crippen LogP) is 3.75. The molecule has 1 heterocycles. The number of hydrogen-bond acceptors (Lipinski definition) is 4. The summed E-state index contributed by atoms with van der Waals surface area (Å²) in [4.78, 5) is 12.2. The van der Waals surface area contributed by atoms with Crippen LogP contribution in [0.3, 0.4) is 0 Å². The van der Waals surface area contributed by atoms with Crippen molar-refractivity contribution in [3.05, 3.63) is 59.2 Å². The van der Waals surface area contributed by atoms with Crippen LogP contribution in [0.5, 0.6) is 17.2 Å². The Hall–Kier alpha value is -2.95. The van der Waals surface area contributed by atoms with Crippen molar-refractivity contribution in [2.45, 2.75) is 32.9 Å². The number of amides is 1. The molecule has 1 amide bonds. The lowest BCUT2D eigenvalue weighted by Gasteiger charge is -2.13. The summed E-state index contributed by atoms with van der Waals surface area (Å²) in [5.41, 5.74) is 2.96. The van der Waals surface area contributed by atoms with E-state index in [-0.39, 0.29) is 12.0 Å². The van der Waals surface area contributed by atoms with E-state index in [1.165, 1.54) is 6.08 Å². The van der Waals surface area contributed by atoms with Gasteiger partial charge in [-0.15, -0.1) is 0 Å². The van der Waals surface area contributed by atoms with Gasteiger partial charge in [-0.05, 0) is 49.8 Å². The lowest BCUT2D eigenvalue weighted by Crippen LogP contribution is -2.20. The van der Waals surface area contributed by atoms with Gasteiger partial charge in [-0.25, -0.2) is 0 Å². The van der Waals surface area contributed by atoms with Crippen LogP contribution >= 0.6 is 0 Å². The summed E-state index contributed by atoms with van der Waals surface area (Å²) < 4.78 is 16.8. The van der Waals surface area contributed by atoms with Crippen LogP contribution in [0.15, 0.2) is 42.5 Å². The second-order valence-corrected chi connectivity index (χ2v) is 6.46. The molecule has 1 aliphatic heterocycles. The van der Waals surface area contributed by atoms with Crippen LogP contribution in [0.25, 0.3) is 6.08 Å². The summed E-state index contributed by atoms with van der Waals surface area (Å²) in [5.74, 6) is 2.26. The third kappa shape index (κ3) is 4.82. The van der Waals surface area contributed by atoms with E-state index in [4.69, 9.17) is 14.2 Å². The van der Waals surface area contributed by atoms with E-state index in [0.717, 1.165) is 40.4 Å². The van der Waals surface area contributed by atoms with Gasteiger partial charge in [0, 0.05) is 30.2 Å². The zero-order valence-corrected chi connectivity index (χ0v) is 16.0. The molecular formula is C22H25NO4. The Morgan fingerprint density at radius 2 is 2.19 bits per heavy atom. The topological polar surface area (TPSA) is 56.8 Å². The molecule has 0 spiro atoms. The van der Waals surface area contributed by atoms with Crippen LogP contribution < -0.4 is 19.5 Å². The molecule has 0 saturated carbocycles. The molecule has 1 atom stereocenters. The average Bonchev–Trinajstić information content (AvgIpc) is 3.03. The fourth-order valence-electron chi connectivity index (χ4n) is 3.07. The van der Waals surface area contributed by atoms with E-state index >= 15 is 0 Å². The van der Waals surface area contributed by atoms with Crippen molar-refractivity contribution in [2.24, 2.45) is 0 Å². The Labute approximate surface area is 159 Å². The van der Waals surface area contributed by atoms with Gasteiger partial charge in [0.05, 0.1) is 13.7 Å². The maximum atomic E-state index is 12.2. The summed E-state index contributed by atoms with van der Waals surface area (Å²) in [6, 6.07) is 11.5. The quantitative estimate of drug-likeness (QED) is 0.758. The Kier molecular flexibility index (Phi) is 6.01. The van der Waals surface area contributed by atoms with E-state index in [9.17, 15) is 4.79 Å². The summed E-state index contributed by atoms with van der Waals surface area (Å²) in [6.45, 7) is 4.95. The number of methoxy groups -OCH3 is 1. The first-order chi connectivity index (χ1) is 13.1. The van der Waals surface area contributed by atoms with Gasteiger partial charge in [0.2, 0.25) is 5.91 Å². The van der Waals surface area contributed by atoms with Crippen LogP contribution in [0.4, 0.5) is 0 Å². The maximum absolute atomic E-state index is 12.2. The molecule has 3 rings (SSSR count). The van der Waals surface area contributed by atoms with Crippen LogP contribution in [0.1, 0.15) is 30.5 Å². The molecule has 0 fully saturated rings. The molecule has 5 nitrogen and oxygen atoms in total. The first kappa shape index (κ1) is 18.8. The molecular weight excluding hydrogens is 342 g/mol. The fourth-order valence-corrected chi connectivity index (χ4v) is 3.07. The average molecular weight is 367 g/mol. The number of fused-ring (bicyclic) bond motifs is 1.